The highest BCUT2D eigenvalue weighted by atomic mass is 32.1. The van der Waals surface area contributed by atoms with Crippen molar-refractivity contribution in [3.63, 3.8) is 0 Å². The Morgan fingerprint density at radius 3 is 2.69 bits per heavy atom. The van der Waals surface area contributed by atoms with Gasteiger partial charge in [0.15, 0.2) is 0 Å². The minimum atomic E-state index is -0.614. The summed E-state index contributed by atoms with van der Waals surface area (Å²) in [5.41, 5.74) is 13.2. The molecule has 196 valence electrons. The Kier molecular flexibility index (Phi) is 6.41. The number of rotatable bonds is 9. The first-order chi connectivity index (χ1) is 18.9. The van der Waals surface area contributed by atoms with Gasteiger partial charge in [0.1, 0.15) is 5.69 Å². The average Bonchev–Trinajstić information content (AvgIpc) is 3.30. The van der Waals surface area contributed by atoms with Crippen molar-refractivity contribution in [3.05, 3.63) is 99.1 Å². The summed E-state index contributed by atoms with van der Waals surface area (Å²) in [4.78, 5) is 34.1. The molecule has 3 aromatic heterocycles. The number of para-hydroxylation sites is 1. The summed E-state index contributed by atoms with van der Waals surface area (Å²) >= 11 is 1.54. The lowest BCUT2D eigenvalue weighted by Gasteiger charge is -2.21. The van der Waals surface area contributed by atoms with Crippen LogP contribution in [0.4, 0.5) is 0 Å². The maximum Gasteiger partial charge on any atom is 0.269 e. The average molecular weight is 539 g/mol. The lowest BCUT2D eigenvalue weighted by molar-refractivity contribution is 0.0928. The molecule has 2 aromatic carbocycles. The Balaban J connectivity index is 1.25. The maximum atomic E-state index is 13.5. The number of amides is 2. The van der Waals surface area contributed by atoms with E-state index in [2.05, 4.69) is 20.5 Å². The van der Waals surface area contributed by atoms with Gasteiger partial charge in [-0.25, -0.2) is 9.97 Å². The predicted molar refractivity (Wildman–Crippen MR) is 148 cm³/mol. The number of nitrogens with zero attached hydrogens (tertiary/aromatic N) is 3. The number of nitrogens with one attached hydrogen (secondary N) is 2. The van der Waals surface area contributed by atoms with Gasteiger partial charge in [-0.2, -0.15) is 5.10 Å². The minimum absolute atomic E-state index is 0.125. The third-order valence-electron chi connectivity index (χ3n) is 6.98. The highest BCUT2D eigenvalue weighted by Crippen LogP contribution is 2.48. The first kappa shape index (κ1) is 24.9. The Morgan fingerprint density at radius 2 is 1.97 bits per heavy atom. The molecular formula is C29H26N6O3S. The molecule has 10 heteroatoms. The second kappa shape index (κ2) is 10.0. The number of hydrogen-bond donors (Lipinski definition) is 3. The van der Waals surface area contributed by atoms with Crippen molar-refractivity contribution in [2.75, 3.05) is 0 Å². The number of primary amides is 1. The summed E-state index contributed by atoms with van der Waals surface area (Å²) in [6, 6.07) is 17.2. The molecule has 0 saturated heterocycles. The molecule has 0 radical (unpaired) electrons. The number of ether oxygens (including phenoxy) is 1. The van der Waals surface area contributed by atoms with Gasteiger partial charge in [-0.15, -0.1) is 11.3 Å². The van der Waals surface area contributed by atoms with E-state index >= 15 is 0 Å². The zero-order valence-electron chi connectivity index (χ0n) is 21.2. The van der Waals surface area contributed by atoms with Crippen molar-refractivity contribution < 1.29 is 14.3 Å². The van der Waals surface area contributed by atoms with Crippen molar-refractivity contribution in [1.82, 2.24) is 25.5 Å². The molecule has 0 spiro atoms. The Bertz CT molecular complexity index is 1690. The standard InChI is InChI=1S/C29H26N6O3S/c1-17-10-18(13-38-14-19-15-39-16-31-19)6-7-20(17)28(37)33-29(8-9-29)22-11-24(25-12-26(27(30)36)35-34-25)32-23-5-3-2-4-21(22)23/h2-7,10-12,15-16H,8-9,13-14H2,1H3,(H2,30,36)(H,33,37)(H,34,35). The lowest BCUT2D eigenvalue weighted by atomic mass is 9.97. The van der Waals surface area contributed by atoms with E-state index in [-0.39, 0.29) is 11.6 Å². The Hall–Kier alpha value is -4.41. The molecule has 6 rings (SSSR count). The van der Waals surface area contributed by atoms with Gasteiger partial charge < -0.3 is 15.8 Å². The Labute approximate surface area is 228 Å². The molecule has 3 heterocycles. The van der Waals surface area contributed by atoms with Crippen molar-refractivity contribution in [2.45, 2.75) is 38.5 Å². The quantitative estimate of drug-likeness (QED) is 0.250. The summed E-state index contributed by atoms with van der Waals surface area (Å²) in [6.45, 7) is 2.84. The molecular weight excluding hydrogens is 512 g/mol. The van der Waals surface area contributed by atoms with Crippen LogP contribution < -0.4 is 11.1 Å². The lowest BCUT2D eigenvalue weighted by Crippen LogP contribution is -2.35. The number of aryl methyl sites for hydroxylation is 1. The number of carbonyl (C=O) groups is 2. The van der Waals surface area contributed by atoms with Gasteiger partial charge >= 0.3 is 0 Å². The molecule has 0 atom stereocenters. The highest BCUT2D eigenvalue weighted by Gasteiger charge is 2.47. The topological polar surface area (TPSA) is 136 Å². The molecule has 1 aliphatic rings. The number of H-pyrrole nitrogens is 1. The molecule has 9 nitrogen and oxygen atoms in total. The maximum absolute atomic E-state index is 13.5. The van der Waals surface area contributed by atoms with Gasteiger partial charge in [0, 0.05) is 16.3 Å². The third kappa shape index (κ3) is 5.04. The molecule has 2 amide bonds. The van der Waals surface area contributed by atoms with E-state index < -0.39 is 11.4 Å². The zero-order chi connectivity index (χ0) is 27.0. The number of pyridine rings is 1. The fraction of sp³-hybridized carbons (Fsp3) is 0.207. The number of carbonyl (C=O) groups excluding carboxylic acids is 2. The molecule has 0 unspecified atom stereocenters. The van der Waals surface area contributed by atoms with Crippen LogP contribution in [0, 0.1) is 6.92 Å². The normalized spacial score (nSPS) is 13.9. The van der Waals surface area contributed by atoms with Crippen molar-refractivity contribution >= 4 is 34.1 Å². The van der Waals surface area contributed by atoms with Crippen molar-refractivity contribution in [3.8, 4) is 11.4 Å². The minimum Gasteiger partial charge on any atom is -0.370 e. The van der Waals surface area contributed by atoms with Crippen LogP contribution in [0.5, 0.6) is 0 Å². The fourth-order valence-corrected chi connectivity index (χ4v) is 5.36. The number of thiazole rings is 1. The first-order valence-corrected chi connectivity index (χ1v) is 13.5. The molecule has 5 aromatic rings. The van der Waals surface area contributed by atoms with Crippen molar-refractivity contribution in [1.29, 1.82) is 0 Å². The number of nitrogens with two attached hydrogens (primary N) is 1. The fourth-order valence-electron chi connectivity index (χ4n) is 4.81. The van der Waals surface area contributed by atoms with E-state index in [1.165, 1.54) is 0 Å². The van der Waals surface area contributed by atoms with Gasteiger partial charge in [-0.3, -0.25) is 14.7 Å². The smallest absolute Gasteiger partial charge is 0.269 e. The number of hydrogen-bond acceptors (Lipinski definition) is 7. The van der Waals surface area contributed by atoms with Gasteiger partial charge in [-0.05, 0) is 60.7 Å². The van der Waals surface area contributed by atoms with Gasteiger partial charge in [-0.1, -0.05) is 30.3 Å². The summed E-state index contributed by atoms with van der Waals surface area (Å²) in [6.07, 6.45) is 1.62. The largest absolute Gasteiger partial charge is 0.370 e. The number of aromatic nitrogens is 4. The Morgan fingerprint density at radius 1 is 1.13 bits per heavy atom. The molecule has 4 N–H and O–H groups in total. The monoisotopic (exact) mass is 538 g/mol. The number of aromatic amines is 1. The molecule has 1 aliphatic carbocycles. The van der Waals surface area contributed by atoms with Crippen LogP contribution in [-0.4, -0.2) is 32.0 Å². The van der Waals surface area contributed by atoms with E-state index in [4.69, 9.17) is 15.5 Å². The van der Waals surface area contributed by atoms with Gasteiger partial charge in [0.05, 0.1) is 46.9 Å². The second-order valence-corrected chi connectivity index (χ2v) is 10.5. The van der Waals surface area contributed by atoms with E-state index in [0.29, 0.717) is 30.2 Å². The van der Waals surface area contributed by atoms with Crippen LogP contribution in [0.2, 0.25) is 0 Å². The number of fused-ring (bicyclic) bond motifs is 1. The molecule has 1 saturated carbocycles. The summed E-state index contributed by atoms with van der Waals surface area (Å²) in [5, 5.41) is 13.1. The van der Waals surface area contributed by atoms with Crippen LogP contribution in [0.25, 0.3) is 22.3 Å². The summed E-state index contributed by atoms with van der Waals surface area (Å²) in [5.74, 6) is -0.739. The SMILES string of the molecule is Cc1cc(COCc2cscn2)ccc1C(=O)NC1(c2cc(-c3cc(C(N)=O)n[nH]3)nc3ccccc23)CC1. The second-order valence-electron chi connectivity index (χ2n) is 9.76. The first-order valence-electron chi connectivity index (χ1n) is 12.5. The molecule has 1 fully saturated rings. The number of benzene rings is 2. The van der Waals surface area contributed by atoms with Crippen LogP contribution in [0.3, 0.4) is 0 Å². The van der Waals surface area contributed by atoms with Gasteiger partial charge in [0.25, 0.3) is 11.8 Å². The molecule has 39 heavy (non-hydrogen) atoms. The van der Waals surface area contributed by atoms with Gasteiger partial charge in [0.2, 0.25) is 0 Å². The summed E-state index contributed by atoms with van der Waals surface area (Å²) < 4.78 is 5.78. The van der Waals surface area contributed by atoms with Crippen molar-refractivity contribution in [2.24, 2.45) is 5.73 Å². The molecule has 0 bridgehead atoms. The third-order valence-corrected chi connectivity index (χ3v) is 7.61. The van der Waals surface area contributed by atoms with Crippen LogP contribution in [0.15, 0.2) is 65.5 Å². The van der Waals surface area contributed by atoms with E-state index in [1.54, 1.807) is 22.9 Å². The van der Waals surface area contributed by atoms with E-state index in [1.807, 2.05) is 60.8 Å². The van der Waals surface area contributed by atoms with E-state index in [9.17, 15) is 9.59 Å². The predicted octanol–water partition coefficient (Wildman–Crippen LogP) is 4.62. The molecule has 0 aliphatic heterocycles. The van der Waals surface area contributed by atoms with Crippen LogP contribution in [-0.2, 0) is 23.5 Å². The van der Waals surface area contributed by atoms with Crippen LogP contribution >= 0.6 is 11.3 Å². The summed E-state index contributed by atoms with van der Waals surface area (Å²) in [7, 11) is 0. The highest BCUT2D eigenvalue weighted by molar-refractivity contribution is 7.07. The van der Waals surface area contributed by atoms with Crippen LogP contribution in [0.1, 0.15) is 56.1 Å². The van der Waals surface area contributed by atoms with E-state index in [0.717, 1.165) is 46.1 Å². The zero-order valence-corrected chi connectivity index (χ0v) is 22.0.